The zero-order valence-corrected chi connectivity index (χ0v) is 29.8. The van der Waals surface area contributed by atoms with E-state index < -0.39 is 112 Å². The van der Waals surface area contributed by atoms with Gasteiger partial charge in [-0.1, -0.05) is 64.5 Å². The molecule has 2 nitrogen and oxygen atoms in total. The minimum absolute atomic E-state index is 0.177. The predicted molar refractivity (Wildman–Crippen MR) is 180 cm³/mol. The van der Waals surface area contributed by atoms with Gasteiger partial charge in [-0.15, -0.1) is 0 Å². The van der Waals surface area contributed by atoms with Gasteiger partial charge in [0.1, 0.15) is 33.9 Å². The van der Waals surface area contributed by atoms with Crippen LogP contribution < -0.4 is 21.5 Å². The summed E-state index contributed by atoms with van der Waals surface area (Å²) >= 11 is 0. The first kappa shape index (κ1) is 36.5. The van der Waals surface area contributed by atoms with E-state index >= 15 is 39.9 Å². The number of carbonyl (C=O) groups excluding carboxylic acids is 1. The van der Waals surface area contributed by atoms with E-state index in [4.69, 9.17) is 4.65 Å². The molecule has 1 heterocycles. The smallest absolute Gasteiger partial charge is 0.415 e. The van der Waals surface area contributed by atoms with Crippen molar-refractivity contribution >= 4 is 40.9 Å². The SMILES string of the molecule is Cc1cc(C)c([P+]2(c3c(C)cc(C)cc3C)C(=O)O[B-](c3c(F)c(F)c(F)c(F)c3F)(c3c(F)c(F)c(F)c(F)c3F)[C@@H]3[C@H]4CC[C@H](C4)[C@H]32)c(C)c1. The zero-order chi connectivity index (χ0) is 38.1. The van der Waals surface area contributed by atoms with Gasteiger partial charge in [-0.2, -0.15) is 0 Å². The van der Waals surface area contributed by atoms with E-state index in [9.17, 15) is 8.78 Å². The van der Waals surface area contributed by atoms with Crippen LogP contribution in [0.25, 0.3) is 0 Å². The average molecular weight is 752 g/mol. The second-order valence-electron chi connectivity index (χ2n) is 14.8. The van der Waals surface area contributed by atoms with Crippen LogP contribution in [0.4, 0.5) is 48.7 Å². The van der Waals surface area contributed by atoms with Gasteiger partial charge in [0.25, 0.3) is 0 Å². The summed E-state index contributed by atoms with van der Waals surface area (Å²) in [6.07, 6.45) is -3.98. The monoisotopic (exact) mass is 752 g/mol. The Hall–Kier alpha value is -3.86. The topological polar surface area (TPSA) is 26.3 Å². The first-order valence-corrected chi connectivity index (χ1v) is 18.7. The van der Waals surface area contributed by atoms with Crippen molar-refractivity contribution in [3.8, 4) is 0 Å². The Bertz CT molecular complexity index is 2030. The Morgan fingerprint density at radius 3 is 1.23 bits per heavy atom. The number of rotatable bonds is 4. The van der Waals surface area contributed by atoms with Crippen LogP contribution >= 0.6 is 7.26 Å². The molecule has 4 aromatic carbocycles. The van der Waals surface area contributed by atoms with Crippen molar-refractivity contribution in [3.05, 3.63) is 116 Å². The highest BCUT2D eigenvalue weighted by molar-refractivity contribution is 8.03. The molecule has 0 aromatic heterocycles. The van der Waals surface area contributed by atoms with E-state index in [1.165, 1.54) is 0 Å². The first-order valence-electron chi connectivity index (χ1n) is 16.8. The van der Waals surface area contributed by atoms with Crippen molar-refractivity contribution < 1.29 is 53.4 Å². The second kappa shape index (κ2) is 12.1. The molecule has 4 atom stereocenters. The van der Waals surface area contributed by atoms with E-state index in [1.807, 2.05) is 38.1 Å². The molecule has 0 radical (unpaired) electrons. The fraction of sp³-hybridized carbons (Fsp3) is 0.342. The van der Waals surface area contributed by atoms with Crippen LogP contribution in [0.15, 0.2) is 24.3 Å². The lowest BCUT2D eigenvalue weighted by molar-refractivity contribution is 0.218. The van der Waals surface area contributed by atoms with Crippen LogP contribution in [0, 0.1) is 112 Å². The Morgan fingerprint density at radius 1 is 0.538 bits per heavy atom. The molecule has 0 N–H and O–H groups in total. The van der Waals surface area contributed by atoms with Crippen molar-refractivity contribution in [3.63, 3.8) is 0 Å². The van der Waals surface area contributed by atoms with Gasteiger partial charge in [0.15, 0.2) is 42.2 Å². The fourth-order valence-electron chi connectivity index (χ4n) is 10.7. The number of hydrogen-bond donors (Lipinski definition) is 0. The minimum atomic E-state index is -4.77. The van der Waals surface area contributed by atoms with Gasteiger partial charge in [0, 0.05) is 0 Å². The number of hydrogen-bond acceptors (Lipinski definition) is 2. The quantitative estimate of drug-likeness (QED) is 0.0685. The summed E-state index contributed by atoms with van der Waals surface area (Å²) in [5.74, 6) is -28.7. The highest BCUT2D eigenvalue weighted by atomic mass is 31.2. The number of carbonyl (C=O) groups is 1. The van der Waals surface area contributed by atoms with Crippen molar-refractivity contribution in [1.29, 1.82) is 0 Å². The standard InChI is InChI=1S/C38H32BF10O2P/c1-14-9-16(3)35(17(4)10-14)52(36-18(5)11-15(2)12-19(36)6)37-21-8-7-20(13-21)22(37)39(51-38(52)50,23-25(40)29(44)33(48)30(45)26(23)41)24-27(42)31(46)34(49)32(47)28(24)43/h9-12,20-22,37H,7-8,13H2,1-6H3/t20-,21+,22+,37+/m0/s1. The third-order valence-electron chi connectivity index (χ3n) is 11.8. The molecule has 7 rings (SSSR count). The van der Waals surface area contributed by atoms with Gasteiger partial charge in [0.05, 0.1) is 5.66 Å². The summed E-state index contributed by atoms with van der Waals surface area (Å²) in [6.45, 7) is 10.7. The van der Waals surface area contributed by atoms with E-state index in [0.717, 1.165) is 11.1 Å². The summed E-state index contributed by atoms with van der Waals surface area (Å²) in [7, 11) is -3.83. The second-order valence-corrected chi connectivity index (χ2v) is 18.1. The number of aryl methyl sites for hydroxylation is 6. The highest BCUT2D eigenvalue weighted by Crippen LogP contribution is 2.79. The molecule has 2 bridgehead atoms. The Balaban J connectivity index is 1.73. The molecular weight excluding hydrogens is 720 g/mol. The maximum atomic E-state index is 16.3. The summed E-state index contributed by atoms with van der Waals surface area (Å²) in [5.41, 5.74) is -2.11. The summed E-state index contributed by atoms with van der Waals surface area (Å²) in [6, 6.07) is 7.28. The maximum Gasteiger partial charge on any atom is 0.415 e. The lowest BCUT2D eigenvalue weighted by Crippen LogP contribution is -2.74. The Kier molecular flexibility index (Phi) is 8.48. The average Bonchev–Trinajstić information content (AvgIpc) is 3.69. The first-order chi connectivity index (χ1) is 24.3. The van der Waals surface area contributed by atoms with Gasteiger partial charge >= 0.3 is 5.71 Å². The van der Waals surface area contributed by atoms with Crippen LogP contribution in [0.1, 0.15) is 52.6 Å². The van der Waals surface area contributed by atoms with Crippen LogP contribution in [-0.2, 0) is 4.65 Å². The predicted octanol–water partition coefficient (Wildman–Crippen LogP) is 8.98. The van der Waals surface area contributed by atoms with Crippen LogP contribution in [-0.4, -0.2) is 17.7 Å². The van der Waals surface area contributed by atoms with E-state index in [2.05, 4.69) is 0 Å². The summed E-state index contributed by atoms with van der Waals surface area (Å²) < 4.78 is 161. The third-order valence-corrected chi connectivity index (χ3v) is 17.0. The number of benzene rings is 4. The van der Waals surface area contributed by atoms with Gasteiger partial charge < -0.3 is 4.65 Å². The molecule has 52 heavy (non-hydrogen) atoms. The Morgan fingerprint density at radius 2 is 0.865 bits per heavy atom. The van der Waals surface area contributed by atoms with E-state index in [1.54, 1.807) is 27.7 Å². The van der Waals surface area contributed by atoms with Gasteiger partial charge in [-0.3, -0.25) is 0 Å². The zero-order valence-electron chi connectivity index (χ0n) is 28.9. The molecule has 1 saturated heterocycles. The summed E-state index contributed by atoms with van der Waals surface area (Å²) in [4.78, 5) is 15.6. The number of fused-ring (bicyclic) bond motifs is 5. The Labute approximate surface area is 293 Å². The molecule has 274 valence electrons. The highest BCUT2D eigenvalue weighted by Gasteiger charge is 2.76. The molecular formula is C38H32BF10O2P. The summed E-state index contributed by atoms with van der Waals surface area (Å²) in [5, 5.41) is 1.03. The lowest BCUT2D eigenvalue weighted by atomic mass is 9.23. The van der Waals surface area contributed by atoms with Gasteiger partial charge in [0.2, 0.25) is 6.35 Å². The van der Waals surface area contributed by atoms with Gasteiger partial charge in [-0.05, 0) is 82.6 Å². The molecule has 2 aliphatic carbocycles. The van der Waals surface area contributed by atoms with Gasteiger partial charge in [-0.25, -0.2) is 48.7 Å². The minimum Gasteiger partial charge on any atom is -0.649 e. The van der Waals surface area contributed by atoms with Crippen LogP contribution in [0.5, 0.6) is 0 Å². The van der Waals surface area contributed by atoms with Crippen molar-refractivity contribution in [2.75, 3.05) is 0 Å². The van der Waals surface area contributed by atoms with Crippen molar-refractivity contribution in [2.45, 2.75) is 72.3 Å². The molecule has 4 aromatic rings. The van der Waals surface area contributed by atoms with Crippen LogP contribution in [0.2, 0.25) is 5.82 Å². The van der Waals surface area contributed by atoms with Crippen molar-refractivity contribution in [2.24, 2.45) is 11.8 Å². The molecule has 2 saturated carbocycles. The van der Waals surface area contributed by atoms with Crippen LogP contribution in [0.3, 0.4) is 0 Å². The largest absolute Gasteiger partial charge is 0.649 e. The molecule has 0 amide bonds. The maximum absolute atomic E-state index is 16.3. The molecule has 3 fully saturated rings. The lowest BCUT2D eigenvalue weighted by Gasteiger charge is -2.58. The van der Waals surface area contributed by atoms with Crippen molar-refractivity contribution in [1.82, 2.24) is 0 Å². The van der Waals surface area contributed by atoms with E-state index in [-0.39, 0.29) is 12.8 Å². The third kappa shape index (κ3) is 4.53. The molecule has 14 heteroatoms. The number of halogens is 10. The van der Waals surface area contributed by atoms with E-state index in [0.29, 0.717) is 39.3 Å². The normalized spacial score (nSPS) is 22.9. The molecule has 0 unspecified atom stereocenters. The molecule has 3 aliphatic rings. The molecule has 0 spiro atoms. The molecule has 1 aliphatic heterocycles. The fourth-order valence-corrected chi connectivity index (χ4v) is 16.8.